The molecule has 9 heteroatoms. The fraction of sp³-hybridized carbons (Fsp3) is 0.320. The number of benzene rings is 1. The molecular weight excluding hydrogens is 452 g/mol. The number of hydrogen-bond donors (Lipinski definition) is 3. The highest BCUT2D eigenvalue weighted by atomic mass is 32.1. The second-order valence-corrected chi connectivity index (χ2v) is 9.32. The summed E-state index contributed by atoms with van der Waals surface area (Å²) in [6.07, 6.45) is 8.27. The van der Waals surface area contributed by atoms with Crippen molar-refractivity contribution in [2.24, 2.45) is 5.92 Å². The van der Waals surface area contributed by atoms with Crippen LogP contribution < -0.4 is 10.6 Å². The minimum Gasteiger partial charge on any atom is -0.481 e. The number of nitrogens with one attached hydrogen (secondary N) is 2. The highest BCUT2D eigenvalue weighted by Crippen LogP contribution is 2.35. The number of carbonyl (C=O) groups is 3. The number of amides is 2. The summed E-state index contributed by atoms with van der Waals surface area (Å²) in [6, 6.07) is 10.7. The molecule has 0 bridgehead atoms. The van der Waals surface area contributed by atoms with Crippen molar-refractivity contribution in [1.29, 1.82) is 0 Å². The molecule has 8 nitrogen and oxygen atoms in total. The first-order valence-electron chi connectivity index (χ1n) is 11.3. The van der Waals surface area contributed by atoms with Crippen LogP contribution in [0.1, 0.15) is 59.6 Å². The second-order valence-electron chi connectivity index (χ2n) is 8.46. The lowest BCUT2D eigenvalue weighted by molar-refractivity contribution is -0.136. The maximum atomic E-state index is 13.2. The number of carbonyl (C=O) groups excluding carboxylic acids is 2. The highest BCUT2D eigenvalue weighted by Gasteiger charge is 2.27. The average Bonchev–Trinajstić information content (AvgIpc) is 3.50. The molecule has 0 saturated heterocycles. The summed E-state index contributed by atoms with van der Waals surface area (Å²) in [5.41, 5.74) is 2.39. The van der Waals surface area contributed by atoms with Crippen molar-refractivity contribution in [3.05, 3.63) is 71.0 Å². The van der Waals surface area contributed by atoms with Crippen LogP contribution in [0.5, 0.6) is 0 Å². The van der Waals surface area contributed by atoms with Gasteiger partial charge in [-0.3, -0.25) is 19.4 Å². The second kappa shape index (κ2) is 11.0. The smallest absolute Gasteiger partial charge is 0.309 e. The SMILES string of the molecule is O=C(O)Cc1csc(NC(=O)C(CC2CCCC2)c2ccc(NC(=O)c3cccnc3)cc2)n1. The van der Waals surface area contributed by atoms with E-state index in [-0.39, 0.29) is 24.2 Å². The number of thiazole rings is 1. The van der Waals surface area contributed by atoms with Gasteiger partial charge >= 0.3 is 5.97 Å². The van der Waals surface area contributed by atoms with E-state index >= 15 is 0 Å². The van der Waals surface area contributed by atoms with Crippen LogP contribution in [0, 0.1) is 5.92 Å². The monoisotopic (exact) mass is 478 g/mol. The Morgan fingerprint density at radius 3 is 2.53 bits per heavy atom. The normalized spacial score (nSPS) is 14.5. The number of rotatable bonds is 9. The summed E-state index contributed by atoms with van der Waals surface area (Å²) < 4.78 is 0. The van der Waals surface area contributed by atoms with E-state index in [0.29, 0.717) is 28.0 Å². The van der Waals surface area contributed by atoms with Crippen LogP contribution in [0.15, 0.2) is 54.2 Å². The molecule has 1 atom stereocenters. The van der Waals surface area contributed by atoms with Crippen LogP contribution in [0.4, 0.5) is 10.8 Å². The molecular formula is C25H26N4O4S. The number of pyridine rings is 1. The van der Waals surface area contributed by atoms with Crippen molar-refractivity contribution < 1.29 is 19.5 Å². The molecule has 2 aromatic heterocycles. The van der Waals surface area contributed by atoms with Crippen molar-refractivity contribution in [2.75, 3.05) is 10.6 Å². The maximum Gasteiger partial charge on any atom is 0.309 e. The van der Waals surface area contributed by atoms with E-state index < -0.39 is 5.97 Å². The van der Waals surface area contributed by atoms with Crippen molar-refractivity contribution in [3.63, 3.8) is 0 Å². The van der Waals surface area contributed by atoms with E-state index in [4.69, 9.17) is 5.11 Å². The van der Waals surface area contributed by atoms with E-state index in [2.05, 4.69) is 20.6 Å². The van der Waals surface area contributed by atoms with Crippen LogP contribution in [0.25, 0.3) is 0 Å². The molecule has 34 heavy (non-hydrogen) atoms. The summed E-state index contributed by atoms with van der Waals surface area (Å²) in [4.78, 5) is 44.7. The molecule has 0 spiro atoms. The van der Waals surface area contributed by atoms with E-state index in [1.165, 1.54) is 30.4 Å². The lowest BCUT2D eigenvalue weighted by Crippen LogP contribution is -2.23. The molecule has 2 amide bonds. The lowest BCUT2D eigenvalue weighted by Gasteiger charge is -2.20. The average molecular weight is 479 g/mol. The minimum absolute atomic E-state index is 0.157. The Kier molecular flexibility index (Phi) is 7.64. The number of carboxylic acid groups (broad SMARTS) is 1. The molecule has 1 fully saturated rings. The first-order valence-corrected chi connectivity index (χ1v) is 12.1. The summed E-state index contributed by atoms with van der Waals surface area (Å²) >= 11 is 1.22. The van der Waals surface area contributed by atoms with Crippen molar-refractivity contribution in [3.8, 4) is 0 Å². The number of carboxylic acids is 1. The van der Waals surface area contributed by atoms with Gasteiger partial charge in [-0.25, -0.2) is 4.98 Å². The van der Waals surface area contributed by atoms with Gasteiger partial charge in [0, 0.05) is 23.5 Å². The van der Waals surface area contributed by atoms with Gasteiger partial charge in [-0.1, -0.05) is 37.8 Å². The number of aromatic nitrogens is 2. The van der Waals surface area contributed by atoms with E-state index in [0.717, 1.165) is 24.8 Å². The first kappa shape index (κ1) is 23.6. The third-order valence-corrected chi connectivity index (χ3v) is 6.78. The zero-order valence-corrected chi connectivity index (χ0v) is 19.4. The zero-order valence-electron chi connectivity index (χ0n) is 18.6. The molecule has 4 rings (SSSR count). The van der Waals surface area contributed by atoms with Crippen molar-refractivity contribution >= 4 is 39.9 Å². The molecule has 1 aromatic carbocycles. The van der Waals surface area contributed by atoms with E-state index in [1.807, 2.05) is 12.1 Å². The largest absolute Gasteiger partial charge is 0.481 e. The van der Waals surface area contributed by atoms with Gasteiger partial charge in [0.25, 0.3) is 5.91 Å². The van der Waals surface area contributed by atoms with Crippen LogP contribution in [0.3, 0.4) is 0 Å². The molecule has 1 aliphatic carbocycles. The van der Waals surface area contributed by atoms with Gasteiger partial charge in [0.1, 0.15) is 0 Å². The topological polar surface area (TPSA) is 121 Å². The third kappa shape index (κ3) is 6.26. The minimum atomic E-state index is -0.960. The lowest BCUT2D eigenvalue weighted by atomic mass is 9.87. The van der Waals surface area contributed by atoms with Gasteiger partial charge < -0.3 is 15.7 Å². The first-order chi connectivity index (χ1) is 16.5. The van der Waals surface area contributed by atoms with Gasteiger partial charge in [-0.2, -0.15) is 0 Å². The van der Waals surface area contributed by atoms with E-state index in [1.54, 1.807) is 35.8 Å². The number of aliphatic carboxylic acids is 1. The van der Waals surface area contributed by atoms with Gasteiger partial charge in [0.2, 0.25) is 5.91 Å². The van der Waals surface area contributed by atoms with Crippen LogP contribution in [0.2, 0.25) is 0 Å². The molecule has 3 N–H and O–H groups in total. The predicted molar refractivity (Wildman–Crippen MR) is 130 cm³/mol. The molecule has 0 radical (unpaired) electrons. The summed E-state index contributed by atoms with van der Waals surface area (Å²) in [5, 5.41) is 16.7. The van der Waals surface area contributed by atoms with Crippen molar-refractivity contribution in [2.45, 2.75) is 44.4 Å². The summed E-state index contributed by atoms with van der Waals surface area (Å²) in [7, 11) is 0. The molecule has 3 aromatic rings. The Labute approximate surface area is 201 Å². The predicted octanol–water partition coefficient (Wildman–Crippen LogP) is 4.72. The molecule has 176 valence electrons. The highest BCUT2D eigenvalue weighted by molar-refractivity contribution is 7.13. The van der Waals surface area contributed by atoms with Crippen LogP contribution in [-0.2, 0) is 16.0 Å². The van der Waals surface area contributed by atoms with Crippen LogP contribution >= 0.6 is 11.3 Å². The standard InChI is InChI=1S/C25H26N4O4S/c30-22(31)13-20-15-34-25(28-20)29-24(33)21(12-16-4-1-2-5-16)17-7-9-19(10-8-17)27-23(32)18-6-3-11-26-14-18/h3,6-11,14-16,21H,1-2,4-5,12-13H2,(H,27,32)(H,30,31)(H,28,29,33). The summed E-state index contributed by atoms with van der Waals surface area (Å²) in [5.74, 6) is -1.24. The quantitative estimate of drug-likeness (QED) is 0.409. The number of anilines is 2. The summed E-state index contributed by atoms with van der Waals surface area (Å²) in [6.45, 7) is 0. The van der Waals surface area contributed by atoms with Crippen LogP contribution in [-0.4, -0.2) is 32.9 Å². The zero-order chi connectivity index (χ0) is 23.9. The molecule has 2 heterocycles. The van der Waals surface area contributed by atoms with Gasteiger partial charge in [0.15, 0.2) is 5.13 Å². The van der Waals surface area contributed by atoms with Gasteiger partial charge in [-0.15, -0.1) is 11.3 Å². The Morgan fingerprint density at radius 2 is 1.85 bits per heavy atom. The third-order valence-electron chi connectivity index (χ3n) is 5.97. The number of nitrogens with zero attached hydrogens (tertiary/aromatic N) is 2. The molecule has 1 unspecified atom stereocenters. The van der Waals surface area contributed by atoms with Gasteiger partial charge in [-0.05, 0) is 42.2 Å². The number of hydrogen-bond acceptors (Lipinski definition) is 6. The molecule has 0 aliphatic heterocycles. The fourth-order valence-corrected chi connectivity index (χ4v) is 4.98. The van der Waals surface area contributed by atoms with Gasteiger partial charge in [0.05, 0.1) is 23.6 Å². The Hall–Kier alpha value is -3.59. The van der Waals surface area contributed by atoms with E-state index in [9.17, 15) is 14.4 Å². The Bertz CT molecular complexity index is 1140. The molecule has 1 saturated carbocycles. The van der Waals surface area contributed by atoms with Crippen molar-refractivity contribution in [1.82, 2.24) is 9.97 Å². The Morgan fingerprint density at radius 1 is 1.09 bits per heavy atom. The fourth-order valence-electron chi connectivity index (χ4n) is 4.27. The maximum absolute atomic E-state index is 13.2. The molecule has 1 aliphatic rings. The Balaban J connectivity index is 1.47.